The van der Waals surface area contributed by atoms with E-state index in [1.54, 1.807) is 25.3 Å². The Balaban J connectivity index is 2.85. The van der Waals surface area contributed by atoms with E-state index in [4.69, 9.17) is 21.1 Å². The number of carbonyl (C=O) groups excluding carboxylic acids is 1. The Labute approximate surface area is 131 Å². The van der Waals surface area contributed by atoms with E-state index < -0.39 is 0 Å². The largest absolute Gasteiger partial charge is 0.493 e. The lowest BCUT2D eigenvalue weighted by Gasteiger charge is -2.15. The van der Waals surface area contributed by atoms with Gasteiger partial charge in [0.1, 0.15) is 0 Å². The molecule has 4 nitrogen and oxygen atoms in total. The molecule has 116 valence electrons. The number of nitrogens with one attached hydrogen (secondary N) is 1. The number of amides is 1. The van der Waals surface area contributed by atoms with Crippen LogP contribution in [0.2, 0.25) is 5.02 Å². The number of methoxy groups -OCH3 is 2. The molecule has 0 bridgehead atoms. The SMILES string of the molecule is COc1cc(/C=C/C(=O)NC(C)C(C)C)cc(Cl)c1OC. The van der Waals surface area contributed by atoms with Crippen LogP contribution in [-0.2, 0) is 4.79 Å². The highest BCUT2D eigenvalue weighted by atomic mass is 35.5. The molecule has 0 fully saturated rings. The van der Waals surface area contributed by atoms with E-state index in [0.717, 1.165) is 5.56 Å². The van der Waals surface area contributed by atoms with Gasteiger partial charge in [0.2, 0.25) is 5.91 Å². The third kappa shape index (κ3) is 4.97. The Bertz CT molecular complexity index is 526. The molecule has 1 N–H and O–H groups in total. The fraction of sp³-hybridized carbons (Fsp3) is 0.438. The molecule has 0 aliphatic heterocycles. The maximum absolute atomic E-state index is 11.8. The molecule has 0 saturated carbocycles. The van der Waals surface area contributed by atoms with Gasteiger partial charge in [-0.15, -0.1) is 0 Å². The van der Waals surface area contributed by atoms with Crippen LogP contribution >= 0.6 is 11.6 Å². The standard InChI is InChI=1S/C16H22ClNO3/c1-10(2)11(3)18-15(19)7-6-12-8-13(17)16(21-5)14(9-12)20-4/h6-11H,1-5H3,(H,18,19)/b7-6+. The van der Waals surface area contributed by atoms with E-state index in [1.165, 1.54) is 13.2 Å². The molecule has 1 rings (SSSR count). The van der Waals surface area contributed by atoms with Gasteiger partial charge in [0.05, 0.1) is 19.2 Å². The van der Waals surface area contributed by atoms with E-state index in [1.807, 2.05) is 6.92 Å². The van der Waals surface area contributed by atoms with Crippen LogP contribution in [0.3, 0.4) is 0 Å². The zero-order valence-electron chi connectivity index (χ0n) is 13.1. The Hall–Kier alpha value is -1.68. The summed E-state index contributed by atoms with van der Waals surface area (Å²) in [4.78, 5) is 11.8. The average molecular weight is 312 g/mol. The lowest BCUT2D eigenvalue weighted by molar-refractivity contribution is -0.117. The number of hydrogen-bond donors (Lipinski definition) is 1. The Kier molecular flexibility index (Phi) is 6.56. The van der Waals surface area contributed by atoms with Crippen LogP contribution in [0.25, 0.3) is 6.08 Å². The van der Waals surface area contributed by atoms with Crippen molar-refractivity contribution < 1.29 is 14.3 Å². The minimum absolute atomic E-state index is 0.121. The summed E-state index contributed by atoms with van der Waals surface area (Å²) in [5, 5.41) is 3.34. The van der Waals surface area contributed by atoms with Crippen LogP contribution in [-0.4, -0.2) is 26.2 Å². The van der Waals surface area contributed by atoms with Gasteiger partial charge < -0.3 is 14.8 Å². The van der Waals surface area contributed by atoms with Crippen LogP contribution in [0.5, 0.6) is 11.5 Å². The van der Waals surface area contributed by atoms with Gasteiger partial charge in [0.25, 0.3) is 0 Å². The van der Waals surface area contributed by atoms with Crippen molar-refractivity contribution in [1.29, 1.82) is 0 Å². The van der Waals surface area contributed by atoms with Crippen LogP contribution in [0.4, 0.5) is 0 Å². The minimum atomic E-state index is -0.137. The summed E-state index contributed by atoms with van der Waals surface area (Å²) in [7, 11) is 3.07. The molecule has 1 atom stereocenters. The molecule has 0 aliphatic carbocycles. The second-order valence-corrected chi connectivity index (χ2v) is 5.52. The summed E-state index contributed by atoms with van der Waals surface area (Å²) in [6.07, 6.45) is 3.17. The Morgan fingerprint density at radius 3 is 2.43 bits per heavy atom. The van der Waals surface area contributed by atoms with Crippen LogP contribution in [0.1, 0.15) is 26.3 Å². The summed E-state index contributed by atoms with van der Waals surface area (Å²) >= 11 is 6.12. The number of ether oxygens (including phenoxy) is 2. The van der Waals surface area contributed by atoms with Crippen molar-refractivity contribution in [1.82, 2.24) is 5.32 Å². The fourth-order valence-corrected chi connectivity index (χ4v) is 1.94. The van der Waals surface area contributed by atoms with E-state index >= 15 is 0 Å². The molecule has 0 aliphatic rings. The highest BCUT2D eigenvalue weighted by Gasteiger charge is 2.11. The van der Waals surface area contributed by atoms with Gasteiger partial charge in [0.15, 0.2) is 11.5 Å². The third-order valence-electron chi connectivity index (χ3n) is 3.25. The van der Waals surface area contributed by atoms with Gasteiger partial charge >= 0.3 is 0 Å². The smallest absolute Gasteiger partial charge is 0.244 e. The molecule has 0 heterocycles. The fourth-order valence-electron chi connectivity index (χ4n) is 1.65. The Morgan fingerprint density at radius 1 is 1.24 bits per heavy atom. The predicted octanol–water partition coefficient (Wildman–Crippen LogP) is 3.53. The molecule has 0 radical (unpaired) electrons. The molecule has 0 spiro atoms. The number of halogens is 1. The number of hydrogen-bond acceptors (Lipinski definition) is 3. The number of benzene rings is 1. The first-order valence-electron chi connectivity index (χ1n) is 6.79. The topological polar surface area (TPSA) is 47.6 Å². The van der Waals surface area contributed by atoms with Crippen molar-refractivity contribution in [3.63, 3.8) is 0 Å². The lowest BCUT2D eigenvalue weighted by atomic mass is 10.1. The van der Waals surface area contributed by atoms with Crippen molar-refractivity contribution in [2.75, 3.05) is 14.2 Å². The summed E-state index contributed by atoms with van der Waals surface area (Å²) in [6, 6.07) is 3.61. The van der Waals surface area contributed by atoms with Gasteiger partial charge in [-0.1, -0.05) is 25.4 Å². The van der Waals surface area contributed by atoms with Crippen molar-refractivity contribution in [2.24, 2.45) is 5.92 Å². The van der Waals surface area contributed by atoms with Gasteiger partial charge in [-0.25, -0.2) is 0 Å². The van der Waals surface area contributed by atoms with Crippen LogP contribution in [0.15, 0.2) is 18.2 Å². The maximum atomic E-state index is 11.8. The molecule has 1 aromatic rings. The molecule has 0 aromatic heterocycles. The molecule has 5 heteroatoms. The Morgan fingerprint density at radius 2 is 1.90 bits per heavy atom. The molecule has 1 aromatic carbocycles. The van der Waals surface area contributed by atoms with Crippen molar-refractivity contribution in [3.05, 3.63) is 28.8 Å². The van der Waals surface area contributed by atoms with Gasteiger partial charge in [-0.3, -0.25) is 4.79 Å². The van der Waals surface area contributed by atoms with E-state index in [0.29, 0.717) is 22.4 Å². The first-order valence-corrected chi connectivity index (χ1v) is 7.17. The maximum Gasteiger partial charge on any atom is 0.244 e. The van der Waals surface area contributed by atoms with E-state index in [-0.39, 0.29) is 11.9 Å². The molecule has 1 unspecified atom stereocenters. The quantitative estimate of drug-likeness (QED) is 0.818. The predicted molar refractivity (Wildman–Crippen MR) is 86.0 cm³/mol. The average Bonchev–Trinajstić information content (AvgIpc) is 2.44. The number of carbonyl (C=O) groups is 1. The first kappa shape index (κ1) is 17.4. The molecular formula is C16H22ClNO3. The van der Waals surface area contributed by atoms with E-state index in [2.05, 4.69) is 19.2 Å². The van der Waals surface area contributed by atoms with Crippen LogP contribution < -0.4 is 14.8 Å². The second-order valence-electron chi connectivity index (χ2n) is 5.11. The zero-order chi connectivity index (χ0) is 16.0. The second kappa shape index (κ2) is 7.93. The van der Waals surface area contributed by atoms with Crippen LogP contribution in [0, 0.1) is 5.92 Å². The minimum Gasteiger partial charge on any atom is -0.493 e. The summed E-state index contributed by atoms with van der Waals surface area (Å²) < 4.78 is 10.4. The first-order chi connectivity index (χ1) is 9.88. The highest BCUT2D eigenvalue weighted by molar-refractivity contribution is 6.32. The molecule has 21 heavy (non-hydrogen) atoms. The molecule has 0 saturated heterocycles. The molecule has 1 amide bonds. The highest BCUT2D eigenvalue weighted by Crippen LogP contribution is 2.36. The zero-order valence-corrected chi connectivity index (χ0v) is 13.8. The third-order valence-corrected chi connectivity index (χ3v) is 3.53. The van der Waals surface area contributed by atoms with Crippen molar-refractivity contribution in [2.45, 2.75) is 26.8 Å². The monoisotopic (exact) mass is 311 g/mol. The van der Waals surface area contributed by atoms with Crippen molar-refractivity contribution >= 4 is 23.6 Å². The van der Waals surface area contributed by atoms with Crippen molar-refractivity contribution in [3.8, 4) is 11.5 Å². The summed E-state index contributed by atoms with van der Waals surface area (Å²) in [5.74, 6) is 1.26. The normalized spacial score (nSPS) is 12.5. The van der Waals surface area contributed by atoms with Gasteiger partial charge in [0, 0.05) is 12.1 Å². The van der Waals surface area contributed by atoms with E-state index in [9.17, 15) is 4.79 Å². The molecular weight excluding hydrogens is 290 g/mol. The van der Waals surface area contributed by atoms with Gasteiger partial charge in [-0.2, -0.15) is 0 Å². The lowest BCUT2D eigenvalue weighted by Crippen LogP contribution is -2.34. The summed E-state index contributed by atoms with van der Waals surface area (Å²) in [6.45, 7) is 6.09. The number of rotatable bonds is 6. The van der Waals surface area contributed by atoms with Gasteiger partial charge in [-0.05, 0) is 36.6 Å². The summed E-state index contributed by atoms with van der Waals surface area (Å²) in [5.41, 5.74) is 0.769.